The third kappa shape index (κ3) is 13.0. The standard InChI is InChI=1S/C72H60N6O4/c1-7-71(79)81-67-41-27-57(28-42-67)55-23-37-65(38-24-55)77(63-33-19-53(20-34-63)49-73-75(5)61-15-11-9-12-16-61)69-45-31-59(47-51(69)3)60-32-46-70(52(4)48-60)78(64-35-21-54(22-36-64)50-74-76(6)62-17-13-10-14-18-62)66-39-25-56(26-40-66)58-29-43-68(44-30-58)82-72(80)8-2/h7-50H,1-2H2,3-6H3. The number of ether oxygens (including phenoxy) is 2. The lowest BCUT2D eigenvalue weighted by atomic mass is 9.98. The maximum atomic E-state index is 11.8. The minimum atomic E-state index is -0.499. The molecule has 0 aliphatic heterocycles. The predicted molar refractivity (Wildman–Crippen MR) is 338 cm³/mol. The van der Waals surface area contributed by atoms with Crippen LogP contribution in [0.25, 0.3) is 33.4 Å². The Bertz CT molecular complexity index is 3640. The van der Waals surface area contributed by atoms with Crippen molar-refractivity contribution >= 4 is 69.9 Å². The molecule has 0 saturated carbocycles. The third-order valence-electron chi connectivity index (χ3n) is 13.9. The van der Waals surface area contributed by atoms with Crippen LogP contribution in [0.2, 0.25) is 0 Å². The van der Waals surface area contributed by atoms with Gasteiger partial charge >= 0.3 is 11.9 Å². The van der Waals surface area contributed by atoms with Gasteiger partial charge in [0.25, 0.3) is 0 Å². The average molecular weight is 1070 g/mol. The monoisotopic (exact) mass is 1070 g/mol. The summed E-state index contributed by atoms with van der Waals surface area (Å²) in [6.45, 7) is 11.3. The van der Waals surface area contributed by atoms with Crippen molar-refractivity contribution in [2.24, 2.45) is 10.2 Å². The van der Waals surface area contributed by atoms with Crippen LogP contribution >= 0.6 is 0 Å². The molecule has 402 valence electrons. The molecular formula is C72H60N6O4. The van der Waals surface area contributed by atoms with Gasteiger partial charge in [-0.2, -0.15) is 10.2 Å². The molecule has 0 N–H and O–H groups in total. The van der Waals surface area contributed by atoms with E-state index in [2.05, 4.69) is 170 Å². The zero-order valence-electron chi connectivity index (χ0n) is 46.1. The molecule has 0 spiro atoms. The Hall–Kier alpha value is -10.8. The lowest BCUT2D eigenvalue weighted by Crippen LogP contribution is -2.12. The van der Waals surface area contributed by atoms with E-state index in [4.69, 9.17) is 19.7 Å². The molecule has 0 fully saturated rings. The van der Waals surface area contributed by atoms with E-state index in [1.807, 2.05) is 121 Å². The number of carbonyl (C=O) groups is 2. The van der Waals surface area contributed by atoms with Crippen molar-refractivity contribution < 1.29 is 19.1 Å². The van der Waals surface area contributed by atoms with E-state index in [1.54, 1.807) is 24.3 Å². The predicted octanol–water partition coefficient (Wildman–Crippen LogP) is 17.4. The van der Waals surface area contributed by atoms with E-state index in [1.165, 1.54) is 0 Å². The van der Waals surface area contributed by atoms with Gasteiger partial charge in [0.05, 0.1) is 23.8 Å². The molecule has 0 aliphatic carbocycles. The Balaban J connectivity index is 0.957. The van der Waals surface area contributed by atoms with E-state index in [-0.39, 0.29) is 0 Å². The fraction of sp³-hybridized carbons (Fsp3) is 0.0556. The number of para-hydroxylation sites is 2. The van der Waals surface area contributed by atoms with Gasteiger partial charge in [-0.1, -0.05) is 134 Å². The largest absolute Gasteiger partial charge is 0.423 e. The smallest absolute Gasteiger partial charge is 0.335 e. The zero-order valence-corrected chi connectivity index (χ0v) is 46.1. The number of carbonyl (C=O) groups excluding carboxylic acids is 2. The van der Waals surface area contributed by atoms with Crippen molar-refractivity contribution in [1.82, 2.24) is 0 Å². The van der Waals surface area contributed by atoms with Crippen LogP contribution in [0.15, 0.2) is 278 Å². The number of rotatable bonds is 19. The number of hydrogen-bond donors (Lipinski definition) is 0. The van der Waals surface area contributed by atoms with Gasteiger partial charge < -0.3 is 19.3 Å². The van der Waals surface area contributed by atoms with Gasteiger partial charge in [0, 0.05) is 60.4 Å². The lowest BCUT2D eigenvalue weighted by Gasteiger charge is -2.28. The van der Waals surface area contributed by atoms with Crippen LogP contribution in [0.1, 0.15) is 22.3 Å². The highest BCUT2D eigenvalue weighted by molar-refractivity contribution is 5.88. The first-order valence-corrected chi connectivity index (χ1v) is 26.8. The summed E-state index contributed by atoms with van der Waals surface area (Å²) in [6, 6.07) is 82.2. The molecule has 0 aromatic heterocycles. The molecule has 10 aromatic rings. The van der Waals surface area contributed by atoms with Crippen LogP contribution < -0.4 is 29.3 Å². The summed E-state index contributed by atoms with van der Waals surface area (Å²) in [5.74, 6) is -0.0840. The molecular weight excluding hydrogens is 1010 g/mol. The summed E-state index contributed by atoms with van der Waals surface area (Å²) < 4.78 is 10.6. The zero-order chi connectivity index (χ0) is 57.0. The quantitative estimate of drug-likeness (QED) is 0.0260. The van der Waals surface area contributed by atoms with Gasteiger partial charge in [-0.05, 0) is 191 Å². The summed E-state index contributed by atoms with van der Waals surface area (Å²) in [5, 5.41) is 13.1. The second-order valence-corrected chi connectivity index (χ2v) is 19.5. The Morgan fingerprint density at radius 2 is 0.659 bits per heavy atom. The Morgan fingerprint density at radius 1 is 0.366 bits per heavy atom. The Morgan fingerprint density at radius 3 is 0.963 bits per heavy atom. The van der Waals surface area contributed by atoms with Gasteiger partial charge in [0.15, 0.2) is 0 Å². The van der Waals surface area contributed by atoms with E-state index in [0.717, 1.165) is 113 Å². The molecule has 0 atom stereocenters. The number of esters is 2. The highest BCUT2D eigenvalue weighted by Gasteiger charge is 2.19. The number of benzene rings is 10. The van der Waals surface area contributed by atoms with Crippen LogP contribution in [-0.4, -0.2) is 38.5 Å². The number of hydrogen-bond acceptors (Lipinski definition) is 10. The van der Waals surface area contributed by atoms with Crippen LogP contribution in [0.4, 0.5) is 45.5 Å². The Labute approximate surface area is 479 Å². The maximum absolute atomic E-state index is 11.8. The molecule has 0 heterocycles. The first kappa shape index (κ1) is 54.5. The van der Waals surface area contributed by atoms with Crippen molar-refractivity contribution in [1.29, 1.82) is 0 Å². The first-order chi connectivity index (χ1) is 40.0. The van der Waals surface area contributed by atoms with Crippen LogP contribution in [0, 0.1) is 13.8 Å². The van der Waals surface area contributed by atoms with Crippen molar-refractivity contribution in [3.05, 3.63) is 290 Å². The molecule has 10 aromatic carbocycles. The van der Waals surface area contributed by atoms with Gasteiger partial charge in [0.2, 0.25) is 0 Å². The molecule has 0 bridgehead atoms. The second kappa shape index (κ2) is 25.3. The molecule has 10 rings (SSSR count). The third-order valence-corrected chi connectivity index (χ3v) is 13.9. The van der Waals surface area contributed by atoms with Crippen molar-refractivity contribution in [2.45, 2.75) is 13.8 Å². The van der Waals surface area contributed by atoms with Crippen LogP contribution in [-0.2, 0) is 9.59 Å². The molecule has 10 heteroatoms. The first-order valence-electron chi connectivity index (χ1n) is 26.8. The summed E-state index contributed by atoms with van der Waals surface area (Å²) in [7, 11) is 3.88. The average Bonchev–Trinajstić information content (AvgIpc) is 3.67. The number of hydrazone groups is 2. The van der Waals surface area contributed by atoms with Gasteiger partial charge in [0.1, 0.15) is 11.5 Å². The van der Waals surface area contributed by atoms with Crippen LogP contribution in [0.5, 0.6) is 11.5 Å². The topological polar surface area (TPSA) is 90.3 Å². The fourth-order valence-corrected chi connectivity index (χ4v) is 9.52. The van der Waals surface area contributed by atoms with E-state index in [0.29, 0.717) is 11.5 Å². The van der Waals surface area contributed by atoms with E-state index in [9.17, 15) is 9.59 Å². The SMILES string of the molecule is C=CC(=O)Oc1ccc(-c2ccc(N(c3ccc(C=NN(C)c4ccccc4)cc3)c3ccc(-c4ccc(N(c5ccc(C=NN(C)c6ccccc6)cc5)c5ccc(-c6ccc(OC(=O)C=C)cc6)cc5)c(C)c4)cc3C)cc2)cc1. The second-order valence-electron chi connectivity index (χ2n) is 19.5. The molecule has 10 nitrogen and oxygen atoms in total. The molecule has 0 amide bonds. The van der Waals surface area contributed by atoms with Crippen LogP contribution in [0.3, 0.4) is 0 Å². The van der Waals surface area contributed by atoms with E-state index >= 15 is 0 Å². The summed E-state index contributed by atoms with van der Waals surface area (Å²) in [6.07, 6.45) is 6.04. The van der Waals surface area contributed by atoms with Crippen molar-refractivity contribution in [2.75, 3.05) is 33.9 Å². The van der Waals surface area contributed by atoms with Gasteiger partial charge in [-0.3, -0.25) is 10.0 Å². The van der Waals surface area contributed by atoms with E-state index < -0.39 is 11.9 Å². The summed E-state index contributed by atoms with van der Waals surface area (Å²) in [4.78, 5) is 28.2. The van der Waals surface area contributed by atoms with Crippen molar-refractivity contribution in [3.8, 4) is 44.9 Å². The minimum Gasteiger partial charge on any atom is -0.423 e. The molecule has 0 saturated heterocycles. The normalized spacial score (nSPS) is 11.0. The van der Waals surface area contributed by atoms with Gasteiger partial charge in [-0.25, -0.2) is 9.59 Å². The summed E-state index contributed by atoms with van der Waals surface area (Å²) in [5.41, 5.74) is 18.3. The minimum absolute atomic E-state index is 0.457. The molecule has 0 radical (unpaired) electrons. The number of aryl methyl sites for hydroxylation is 2. The fourth-order valence-electron chi connectivity index (χ4n) is 9.52. The summed E-state index contributed by atoms with van der Waals surface area (Å²) >= 11 is 0. The highest BCUT2D eigenvalue weighted by atomic mass is 16.5. The van der Waals surface area contributed by atoms with Crippen molar-refractivity contribution in [3.63, 3.8) is 0 Å². The number of nitrogens with zero attached hydrogens (tertiary/aromatic N) is 6. The number of anilines is 8. The molecule has 0 unspecified atom stereocenters. The molecule has 0 aliphatic rings. The molecule has 82 heavy (non-hydrogen) atoms. The Kier molecular flexibility index (Phi) is 16.8. The maximum Gasteiger partial charge on any atom is 0.335 e. The lowest BCUT2D eigenvalue weighted by molar-refractivity contribution is -0.129. The highest BCUT2D eigenvalue weighted by Crippen LogP contribution is 2.42. The van der Waals surface area contributed by atoms with Gasteiger partial charge in [-0.15, -0.1) is 0 Å².